The Morgan fingerprint density at radius 1 is 1.06 bits per heavy atom. The molecule has 4 atom stereocenters. The van der Waals surface area contributed by atoms with E-state index in [2.05, 4.69) is 69.9 Å². The third kappa shape index (κ3) is 5.32. The fourth-order valence-corrected chi connectivity index (χ4v) is 5.88. The number of aromatic nitrogens is 5. The Morgan fingerprint density at radius 3 is 2.53 bits per heavy atom. The van der Waals surface area contributed by atoms with Crippen LogP contribution in [0.5, 0.6) is 0 Å². The summed E-state index contributed by atoms with van der Waals surface area (Å²) in [7, 11) is 0. The predicted molar refractivity (Wildman–Crippen MR) is 144 cm³/mol. The summed E-state index contributed by atoms with van der Waals surface area (Å²) in [4.78, 5) is 14.1. The first-order chi connectivity index (χ1) is 17.3. The van der Waals surface area contributed by atoms with Crippen molar-refractivity contribution in [1.82, 2.24) is 29.9 Å². The molecule has 2 saturated heterocycles. The zero-order valence-electron chi connectivity index (χ0n) is 21.4. The molecule has 0 bridgehead atoms. The lowest BCUT2D eigenvalue weighted by Gasteiger charge is -2.48. The standard InChI is InChI=1S/C26H35Cl2N7O/c1-16(2)12-22(19-7-9-20(27)10-8-19)33-13-18(4)34(14-17(33)3)24-23-25(30-26(28)29-24)35(32-31-23)15-21-6-5-11-36-21/h7-10,16-18,21-22H,5-6,11-15H2,1-4H3/t17-,18+,21-,22?/m1/s1. The molecule has 0 amide bonds. The summed E-state index contributed by atoms with van der Waals surface area (Å²) in [5, 5.41) is 9.88. The lowest BCUT2D eigenvalue weighted by Crippen LogP contribution is -2.57. The average Bonchev–Trinajstić information content (AvgIpc) is 3.49. The monoisotopic (exact) mass is 531 g/mol. The number of hydrogen-bond donors (Lipinski definition) is 0. The summed E-state index contributed by atoms with van der Waals surface area (Å²) in [6.07, 6.45) is 3.32. The molecule has 3 aromatic rings. The van der Waals surface area contributed by atoms with E-state index in [4.69, 9.17) is 27.9 Å². The van der Waals surface area contributed by atoms with Gasteiger partial charge in [0.05, 0.1) is 12.6 Å². The molecule has 10 heteroatoms. The van der Waals surface area contributed by atoms with Crippen LogP contribution < -0.4 is 4.90 Å². The first-order valence-electron chi connectivity index (χ1n) is 13.0. The zero-order valence-corrected chi connectivity index (χ0v) is 23.0. The maximum Gasteiger partial charge on any atom is 0.226 e. The molecular weight excluding hydrogens is 497 g/mol. The molecule has 36 heavy (non-hydrogen) atoms. The van der Waals surface area contributed by atoms with Gasteiger partial charge in [-0.3, -0.25) is 4.90 Å². The summed E-state index contributed by atoms with van der Waals surface area (Å²) < 4.78 is 7.61. The minimum Gasteiger partial charge on any atom is -0.376 e. The Bertz CT molecular complexity index is 1180. The second-order valence-electron chi connectivity index (χ2n) is 10.6. The normalized spacial score (nSPS) is 24.2. The van der Waals surface area contributed by atoms with Crippen LogP contribution in [0.2, 0.25) is 10.3 Å². The van der Waals surface area contributed by atoms with Crippen LogP contribution in [-0.4, -0.2) is 67.7 Å². The molecular formula is C26H35Cl2N7O. The average molecular weight is 533 g/mol. The van der Waals surface area contributed by atoms with Gasteiger partial charge in [-0.2, -0.15) is 9.97 Å². The summed E-state index contributed by atoms with van der Waals surface area (Å²) in [6.45, 7) is 12.2. The third-order valence-electron chi connectivity index (χ3n) is 7.37. The summed E-state index contributed by atoms with van der Waals surface area (Å²) in [6, 6.07) is 9.15. The van der Waals surface area contributed by atoms with Crippen LogP contribution in [0.3, 0.4) is 0 Å². The molecule has 0 N–H and O–H groups in total. The first kappa shape index (κ1) is 25.6. The highest BCUT2D eigenvalue weighted by Gasteiger charge is 2.36. The van der Waals surface area contributed by atoms with E-state index in [0.717, 1.165) is 49.8 Å². The van der Waals surface area contributed by atoms with E-state index in [1.165, 1.54) is 5.56 Å². The Hall–Kier alpha value is -2.00. The summed E-state index contributed by atoms with van der Waals surface area (Å²) in [5.41, 5.74) is 2.67. The number of anilines is 1. The number of benzene rings is 1. The number of nitrogens with zero attached hydrogens (tertiary/aromatic N) is 7. The topological polar surface area (TPSA) is 72.2 Å². The van der Waals surface area contributed by atoms with Gasteiger partial charge in [-0.25, -0.2) is 4.68 Å². The quantitative estimate of drug-likeness (QED) is 0.378. The Balaban J connectivity index is 1.42. The van der Waals surface area contributed by atoms with Gasteiger partial charge in [0.2, 0.25) is 5.28 Å². The van der Waals surface area contributed by atoms with Crippen molar-refractivity contribution in [3.63, 3.8) is 0 Å². The minimum atomic E-state index is 0.139. The van der Waals surface area contributed by atoms with Crippen molar-refractivity contribution in [3.05, 3.63) is 40.1 Å². The molecule has 2 aliphatic rings. The van der Waals surface area contributed by atoms with Gasteiger partial charge in [0.1, 0.15) is 0 Å². The van der Waals surface area contributed by atoms with Gasteiger partial charge >= 0.3 is 0 Å². The smallest absolute Gasteiger partial charge is 0.226 e. The highest BCUT2D eigenvalue weighted by Crippen LogP contribution is 2.35. The van der Waals surface area contributed by atoms with Crippen LogP contribution in [0.1, 0.15) is 58.6 Å². The number of fused-ring (bicyclic) bond motifs is 1. The molecule has 0 radical (unpaired) electrons. The van der Waals surface area contributed by atoms with E-state index >= 15 is 0 Å². The second-order valence-corrected chi connectivity index (χ2v) is 11.4. The highest BCUT2D eigenvalue weighted by molar-refractivity contribution is 6.30. The van der Waals surface area contributed by atoms with Crippen molar-refractivity contribution in [3.8, 4) is 0 Å². The minimum absolute atomic E-state index is 0.139. The molecule has 2 aromatic heterocycles. The second kappa shape index (κ2) is 10.8. The van der Waals surface area contributed by atoms with Crippen LogP contribution in [0.15, 0.2) is 24.3 Å². The summed E-state index contributed by atoms with van der Waals surface area (Å²) in [5.74, 6) is 1.33. The van der Waals surface area contributed by atoms with Crippen molar-refractivity contribution >= 4 is 40.2 Å². The molecule has 8 nitrogen and oxygen atoms in total. The zero-order chi connectivity index (χ0) is 25.4. The van der Waals surface area contributed by atoms with Gasteiger partial charge < -0.3 is 9.64 Å². The number of halogens is 2. The van der Waals surface area contributed by atoms with Crippen molar-refractivity contribution in [2.75, 3.05) is 24.6 Å². The van der Waals surface area contributed by atoms with E-state index in [9.17, 15) is 0 Å². The number of rotatable bonds is 7. The largest absolute Gasteiger partial charge is 0.376 e. The SMILES string of the molecule is CC(C)CC(c1ccc(Cl)cc1)N1C[C@H](C)N(c2nc(Cl)nc3c2nnn3C[C@H]2CCCO2)C[C@H]1C. The Labute approximate surface area is 222 Å². The van der Waals surface area contributed by atoms with Crippen LogP contribution in [0.25, 0.3) is 11.2 Å². The maximum absolute atomic E-state index is 6.43. The lowest BCUT2D eigenvalue weighted by molar-refractivity contribution is 0.0944. The van der Waals surface area contributed by atoms with Crippen molar-refractivity contribution in [1.29, 1.82) is 0 Å². The van der Waals surface area contributed by atoms with Gasteiger partial charge in [0.25, 0.3) is 0 Å². The lowest BCUT2D eigenvalue weighted by atomic mass is 9.92. The van der Waals surface area contributed by atoms with Crippen LogP contribution in [-0.2, 0) is 11.3 Å². The first-order valence-corrected chi connectivity index (χ1v) is 13.7. The van der Waals surface area contributed by atoms with E-state index in [0.29, 0.717) is 35.7 Å². The third-order valence-corrected chi connectivity index (χ3v) is 7.79. The Kier molecular flexibility index (Phi) is 7.67. The number of piperazine rings is 1. The van der Waals surface area contributed by atoms with Crippen molar-refractivity contribution in [2.45, 2.75) is 77.7 Å². The molecule has 5 rings (SSSR count). The van der Waals surface area contributed by atoms with Crippen molar-refractivity contribution in [2.24, 2.45) is 5.92 Å². The molecule has 2 fully saturated rings. The number of hydrogen-bond acceptors (Lipinski definition) is 7. The molecule has 1 unspecified atom stereocenters. The van der Waals surface area contributed by atoms with Gasteiger partial charge in [-0.1, -0.05) is 42.8 Å². The predicted octanol–water partition coefficient (Wildman–Crippen LogP) is 5.39. The number of ether oxygens (including phenoxy) is 1. The molecule has 4 heterocycles. The molecule has 2 aliphatic heterocycles. The fraction of sp³-hybridized carbons (Fsp3) is 0.615. The van der Waals surface area contributed by atoms with Crippen LogP contribution in [0.4, 0.5) is 5.82 Å². The molecule has 194 valence electrons. The highest BCUT2D eigenvalue weighted by atomic mass is 35.5. The van der Waals surface area contributed by atoms with Gasteiger partial charge in [-0.15, -0.1) is 5.10 Å². The van der Waals surface area contributed by atoms with E-state index in [1.54, 1.807) is 0 Å². The Morgan fingerprint density at radius 2 is 1.83 bits per heavy atom. The van der Waals surface area contributed by atoms with Crippen LogP contribution in [0, 0.1) is 5.92 Å². The molecule has 1 aromatic carbocycles. The van der Waals surface area contributed by atoms with Crippen LogP contribution >= 0.6 is 23.2 Å². The van der Waals surface area contributed by atoms with Gasteiger partial charge in [0, 0.05) is 42.8 Å². The fourth-order valence-electron chi connectivity index (χ4n) is 5.60. The molecule has 0 spiro atoms. The van der Waals surface area contributed by atoms with Gasteiger partial charge in [-0.05, 0) is 68.3 Å². The van der Waals surface area contributed by atoms with E-state index < -0.39 is 0 Å². The van der Waals surface area contributed by atoms with Crippen molar-refractivity contribution < 1.29 is 4.74 Å². The molecule has 0 aliphatic carbocycles. The molecule has 0 saturated carbocycles. The van der Waals surface area contributed by atoms with E-state index in [-0.39, 0.29) is 17.4 Å². The van der Waals surface area contributed by atoms with Gasteiger partial charge in [0.15, 0.2) is 17.0 Å². The maximum atomic E-state index is 6.43. The summed E-state index contributed by atoms with van der Waals surface area (Å²) >= 11 is 12.6. The van der Waals surface area contributed by atoms with E-state index in [1.807, 2.05) is 16.8 Å².